The van der Waals surface area contributed by atoms with Gasteiger partial charge < -0.3 is 19.9 Å². The number of carbonyl (C=O) groups is 1. The number of nitrogen functional groups attached to an aromatic ring is 1. The molecule has 168 valence electrons. The Morgan fingerprint density at radius 1 is 1.21 bits per heavy atom. The number of carbonyl (C=O) groups excluding carboxylic acids is 1. The van der Waals surface area contributed by atoms with Gasteiger partial charge in [0.05, 0.1) is 11.9 Å². The lowest BCUT2D eigenvalue weighted by Gasteiger charge is -2.29. The maximum Gasteiger partial charge on any atom is 0.322 e. The van der Waals surface area contributed by atoms with Crippen LogP contribution in [0.4, 0.5) is 10.2 Å². The maximum atomic E-state index is 15.1. The molecule has 1 aromatic carbocycles. The van der Waals surface area contributed by atoms with Crippen LogP contribution in [0.1, 0.15) is 24.7 Å². The van der Waals surface area contributed by atoms with Gasteiger partial charge >= 0.3 is 6.01 Å². The highest BCUT2D eigenvalue weighted by Gasteiger charge is 2.28. The summed E-state index contributed by atoms with van der Waals surface area (Å²) in [6.07, 6.45) is 3.38. The predicted molar refractivity (Wildman–Crippen MR) is 120 cm³/mol. The van der Waals surface area contributed by atoms with Crippen molar-refractivity contribution in [2.75, 3.05) is 12.3 Å². The van der Waals surface area contributed by atoms with E-state index in [1.165, 1.54) is 18.5 Å². The Morgan fingerprint density at radius 2 is 2.06 bits per heavy atom. The lowest BCUT2D eigenvalue weighted by Crippen LogP contribution is -2.37. The summed E-state index contributed by atoms with van der Waals surface area (Å²) >= 11 is 0. The number of aryl methyl sites for hydroxylation is 1. The Balaban J connectivity index is 1.61. The Labute approximate surface area is 189 Å². The lowest BCUT2D eigenvalue weighted by atomic mass is 10.0. The van der Waals surface area contributed by atoms with Crippen molar-refractivity contribution < 1.29 is 13.9 Å². The van der Waals surface area contributed by atoms with Crippen LogP contribution in [0.5, 0.6) is 11.8 Å². The van der Waals surface area contributed by atoms with Gasteiger partial charge in [0, 0.05) is 42.7 Å². The van der Waals surface area contributed by atoms with Crippen LogP contribution in [0, 0.1) is 12.7 Å². The Kier molecular flexibility index (Phi) is 5.12. The smallest absolute Gasteiger partial charge is 0.322 e. The molecule has 0 unspecified atom stereocenters. The largest absolute Gasteiger partial charge is 0.421 e. The number of fused-ring (bicyclic) bond motifs is 3. The number of halogens is 1. The molecule has 1 aliphatic heterocycles. The van der Waals surface area contributed by atoms with Crippen molar-refractivity contribution >= 4 is 22.8 Å². The summed E-state index contributed by atoms with van der Waals surface area (Å²) < 4.78 is 22.7. The molecule has 0 radical (unpaired) electrons. The molecule has 4 heterocycles. The standard InChI is InChI=1S/C23H22FN7O2/c1-3-18(32)30-8-9-31-16(11-30)19(20-21(25)27-12-28-22(20)31)14-4-5-17(15(24)10-14)33-23-26-7-6-13(2)29-23/h4-7,10,12H,3,8-9,11H2,1-2H3,(H2,25,27,28). The van der Waals surface area contributed by atoms with E-state index in [4.69, 9.17) is 10.5 Å². The lowest BCUT2D eigenvalue weighted by molar-refractivity contribution is -0.132. The minimum Gasteiger partial charge on any atom is -0.421 e. The fraction of sp³-hybridized carbons (Fsp3) is 0.261. The van der Waals surface area contributed by atoms with Gasteiger partial charge in [0.2, 0.25) is 5.91 Å². The predicted octanol–water partition coefficient (Wildman–Crippen LogP) is 3.46. The van der Waals surface area contributed by atoms with Crippen molar-refractivity contribution in [2.24, 2.45) is 0 Å². The molecule has 0 bridgehead atoms. The second-order valence-electron chi connectivity index (χ2n) is 7.83. The molecule has 0 aliphatic carbocycles. The van der Waals surface area contributed by atoms with E-state index in [2.05, 4.69) is 19.9 Å². The van der Waals surface area contributed by atoms with Gasteiger partial charge in [0.15, 0.2) is 11.6 Å². The number of nitrogens with zero attached hydrogens (tertiary/aromatic N) is 6. The minimum absolute atomic E-state index is 0.00809. The van der Waals surface area contributed by atoms with Crippen molar-refractivity contribution in [3.05, 3.63) is 54.0 Å². The van der Waals surface area contributed by atoms with Crippen LogP contribution in [0.15, 0.2) is 36.8 Å². The molecule has 2 N–H and O–H groups in total. The molecule has 9 nitrogen and oxygen atoms in total. The molecule has 10 heteroatoms. The summed E-state index contributed by atoms with van der Waals surface area (Å²) in [7, 11) is 0. The number of aromatic nitrogens is 5. The fourth-order valence-electron chi connectivity index (χ4n) is 4.19. The number of anilines is 1. The van der Waals surface area contributed by atoms with Crippen LogP contribution in [-0.4, -0.2) is 41.9 Å². The highest BCUT2D eigenvalue weighted by atomic mass is 19.1. The van der Waals surface area contributed by atoms with Crippen molar-refractivity contribution in [1.82, 2.24) is 29.4 Å². The summed E-state index contributed by atoms with van der Waals surface area (Å²) in [6, 6.07) is 6.46. The monoisotopic (exact) mass is 447 g/mol. The number of nitrogens with two attached hydrogens (primary N) is 1. The van der Waals surface area contributed by atoms with Crippen LogP contribution in [-0.2, 0) is 17.9 Å². The van der Waals surface area contributed by atoms with Gasteiger partial charge in [0.1, 0.15) is 17.8 Å². The summed E-state index contributed by atoms with van der Waals surface area (Å²) in [4.78, 5) is 30.9. The molecule has 0 spiro atoms. The first-order valence-corrected chi connectivity index (χ1v) is 10.6. The van der Waals surface area contributed by atoms with Crippen LogP contribution in [0.3, 0.4) is 0 Å². The summed E-state index contributed by atoms with van der Waals surface area (Å²) in [5.41, 5.74) is 9.77. The zero-order valence-corrected chi connectivity index (χ0v) is 18.2. The van der Waals surface area contributed by atoms with E-state index in [9.17, 15) is 4.79 Å². The van der Waals surface area contributed by atoms with Gasteiger partial charge in [-0.3, -0.25) is 4.79 Å². The zero-order chi connectivity index (χ0) is 23.1. The van der Waals surface area contributed by atoms with Crippen LogP contribution >= 0.6 is 0 Å². The second kappa shape index (κ2) is 8.12. The molecule has 0 saturated carbocycles. The average Bonchev–Trinajstić information content (AvgIpc) is 3.15. The Morgan fingerprint density at radius 3 is 2.82 bits per heavy atom. The van der Waals surface area contributed by atoms with Crippen LogP contribution < -0.4 is 10.5 Å². The summed E-state index contributed by atoms with van der Waals surface area (Å²) in [6.45, 7) is 5.17. The molecule has 33 heavy (non-hydrogen) atoms. The van der Waals surface area contributed by atoms with E-state index >= 15 is 4.39 Å². The van der Waals surface area contributed by atoms with Crippen LogP contribution in [0.2, 0.25) is 0 Å². The van der Waals surface area contributed by atoms with Crippen molar-refractivity contribution in [3.63, 3.8) is 0 Å². The minimum atomic E-state index is -0.571. The number of amides is 1. The molecular weight excluding hydrogens is 425 g/mol. The second-order valence-corrected chi connectivity index (χ2v) is 7.83. The van der Waals surface area contributed by atoms with Crippen molar-refractivity contribution in [1.29, 1.82) is 0 Å². The van der Waals surface area contributed by atoms with Gasteiger partial charge in [-0.25, -0.2) is 24.3 Å². The van der Waals surface area contributed by atoms with E-state index in [0.717, 1.165) is 5.69 Å². The number of hydrogen-bond acceptors (Lipinski definition) is 7. The average molecular weight is 447 g/mol. The third-order valence-corrected chi connectivity index (χ3v) is 5.76. The summed E-state index contributed by atoms with van der Waals surface area (Å²) in [5.74, 6) is -0.198. The number of benzene rings is 1. The van der Waals surface area contributed by atoms with E-state index in [1.54, 1.807) is 30.2 Å². The highest BCUT2D eigenvalue weighted by molar-refractivity contribution is 6.02. The first-order chi connectivity index (χ1) is 16.0. The van der Waals surface area contributed by atoms with Crippen molar-refractivity contribution in [3.8, 4) is 22.9 Å². The van der Waals surface area contributed by atoms with Gasteiger partial charge in [-0.1, -0.05) is 13.0 Å². The molecule has 3 aromatic heterocycles. The first-order valence-electron chi connectivity index (χ1n) is 10.6. The normalized spacial score (nSPS) is 13.2. The van der Waals surface area contributed by atoms with Crippen molar-refractivity contribution in [2.45, 2.75) is 33.4 Å². The zero-order valence-electron chi connectivity index (χ0n) is 18.2. The molecule has 0 saturated heterocycles. The van der Waals surface area contributed by atoms with E-state index < -0.39 is 5.82 Å². The maximum absolute atomic E-state index is 15.1. The van der Waals surface area contributed by atoms with Gasteiger partial charge in [0.25, 0.3) is 0 Å². The number of hydrogen-bond donors (Lipinski definition) is 1. The van der Waals surface area contributed by atoms with E-state index in [0.29, 0.717) is 59.7 Å². The topological polar surface area (TPSA) is 112 Å². The third kappa shape index (κ3) is 3.63. The molecule has 0 atom stereocenters. The highest BCUT2D eigenvalue weighted by Crippen LogP contribution is 2.40. The molecule has 0 fully saturated rings. The molecule has 1 amide bonds. The Bertz CT molecular complexity index is 1380. The third-order valence-electron chi connectivity index (χ3n) is 5.76. The van der Waals surface area contributed by atoms with Gasteiger partial charge in [-0.2, -0.15) is 0 Å². The van der Waals surface area contributed by atoms with Gasteiger partial charge in [-0.15, -0.1) is 0 Å². The SMILES string of the molecule is CCC(=O)N1CCn2c(c(-c3ccc(Oc4nccc(C)n4)c(F)c3)c3c(N)ncnc32)C1. The summed E-state index contributed by atoms with van der Waals surface area (Å²) in [5, 5.41) is 0.647. The van der Waals surface area contributed by atoms with Crippen LogP contribution in [0.25, 0.3) is 22.2 Å². The quantitative estimate of drug-likeness (QED) is 0.510. The molecular formula is C23H22FN7O2. The molecule has 4 aromatic rings. The first kappa shape index (κ1) is 20.8. The van der Waals surface area contributed by atoms with E-state index in [-0.39, 0.29) is 17.7 Å². The number of rotatable bonds is 4. The molecule has 5 rings (SSSR count). The fourth-order valence-corrected chi connectivity index (χ4v) is 4.19. The Hall–Kier alpha value is -4.08. The van der Waals surface area contributed by atoms with Gasteiger partial charge in [-0.05, 0) is 30.7 Å². The molecule has 1 aliphatic rings. The number of ether oxygens (including phenoxy) is 1. The van der Waals surface area contributed by atoms with E-state index in [1.807, 2.05) is 11.5 Å².